The first-order valence-corrected chi connectivity index (χ1v) is 13.1. The average Bonchev–Trinajstić information content (AvgIpc) is 3.31. The highest BCUT2D eigenvalue weighted by molar-refractivity contribution is 5.77. The maximum absolute atomic E-state index is 13.9. The molecule has 2 unspecified atom stereocenters. The summed E-state index contributed by atoms with van der Waals surface area (Å²) in [6, 6.07) is 19.9. The Kier molecular flexibility index (Phi) is 7.84. The van der Waals surface area contributed by atoms with Crippen LogP contribution in [0.3, 0.4) is 0 Å². The van der Waals surface area contributed by atoms with Crippen molar-refractivity contribution in [2.45, 2.75) is 51.2 Å². The van der Waals surface area contributed by atoms with E-state index in [1.807, 2.05) is 53.2 Å². The molecule has 5 rings (SSSR count). The molecule has 3 heterocycles. The second kappa shape index (κ2) is 11.6. The Balaban J connectivity index is 1.63. The van der Waals surface area contributed by atoms with Crippen LogP contribution in [-0.4, -0.2) is 38.0 Å². The number of nitrogens with one attached hydrogen (secondary N) is 1. The van der Waals surface area contributed by atoms with Crippen molar-refractivity contribution in [1.29, 1.82) is 0 Å². The molecule has 0 amide bonds. The summed E-state index contributed by atoms with van der Waals surface area (Å²) in [5, 5.41) is 18.4. The number of para-hydroxylation sites is 1. The molecule has 8 heteroatoms. The second-order valence-corrected chi connectivity index (χ2v) is 9.75. The van der Waals surface area contributed by atoms with Crippen LogP contribution in [0.4, 0.5) is 15.9 Å². The molecule has 0 radical (unpaired) electrons. The van der Waals surface area contributed by atoms with Crippen molar-refractivity contribution in [3.05, 3.63) is 96.1 Å². The quantitative estimate of drug-likeness (QED) is 0.258. The molecular weight excluding hydrogens is 495 g/mol. The summed E-state index contributed by atoms with van der Waals surface area (Å²) < 4.78 is 21.2. The number of aromatic nitrogens is 3. The van der Waals surface area contributed by atoms with Crippen LogP contribution < -0.4 is 5.32 Å². The molecule has 1 fully saturated rings. The van der Waals surface area contributed by atoms with Gasteiger partial charge in [-0.2, -0.15) is 5.10 Å². The number of carbonyl (C=O) groups excluding carboxylic acids is 1. The lowest BCUT2D eigenvalue weighted by Gasteiger charge is -2.23. The van der Waals surface area contributed by atoms with Crippen LogP contribution in [0.5, 0.6) is 0 Å². The Bertz CT molecular complexity index is 1470. The van der Waals surface area contributed by atoms with Gasteiger partial charge < -0.3 is 15.2 Å². The number of benzene rings is 2. The zero-order chi connectivity index (χ0) is 27.4. The predicted molar refractivity (Wildman–Crippen MR) is 149 cm³/mol. The van der Waals surface area contributed by atoms with Crippen molar-refractivity contribution in [2.24, 2.45) is 0 Å². The van der Waals surface area contributed by atoms with E-state index in [0.717, 1.165) is 40.3 Å². The number of aliphatic hydroxyl groups excluding tert-OH is 1. The summed E-state index contributed by atoms with van der Waals surface area (Å²) in [6.07, 6.45) is 5.34. The van der Waals surface area contributed by atoms with Gasteiger partial charge in [-0.1, -0.05) is 38.1 Å². The number of cyclic esters (lactones) is 1. The number of hydrogen-bond donors (Lipinski definition) is 2. The summed E-state index contributed by atoms with van der Waals surface area (Å²) in [4.78, 5) is 16.4. The predicted octanol–water partition coefficient (Wildman–Crippen LogP) is 6.41. The highest BCUT2D eigenvalue weighted by Gasteiger charge is 2.27. The van der Waals surface area contributed by atoms with E-state index in [0.29, 0.717) is 12.2 Å². The molecule has 0 saturated carbocycles. The standard InChI is InChI=1S/C31H31FN4O3/c1-3-20(2)30-27(14-13-26-18-25(37)19-29(38)39-26)31(21-9-11-22(32)12-10-21)36(35-30)24-15-16-33-28(17-24)34-23-7-5-4-6-8-23/h4-17,20,25-26,37H,3,18-19H2,1-2H3,(H,33,34)/b14-13+/t20?,25?,26-/m1/s1. The lowest BCUT2D eigenvalue weighted by Crippen LogP contribution is -2.31. The largest absolute Gasteiger partial charge is 0.458 e. The molecule has 2 aromatic heterocycles. The molecule has 2 aromatic carbocycles. The molecule has 7 nitrogen and oxygen atoms in total. The van der Waals surface area contributed by atoms with E-state index in [9.17, 15) is 14.3 Å². The highest BCUT2D eigenvalue weighted by Crippen LogP contribution is 2.35. The molecule has 200 valence electrons. The summed E-state index contributed by atoms with van der Waals surface area (Å²) in [7, 11) is 0. The van der Waals surface area contributed by atoms with Crippen molar-refractivity contribution in [3.63, 3.8) is 0 Å². The van der Waals surface area contributed by atoms with Crippen molar-refractivity contribution >= 4 is 23.6 Å². The number of anilines is 2. The van der Waals surface area contributed by atoms with E-state index < -0.39 is 18.2 Å². The van der Waals surface area contributed by atoms with E-state index in [-0.39, 0.29) is 18.2 Å². The number of halogens is 1. The first-order chi connectivity index (χ1) is 18.9. The fraction of sp³-hybridized carbons (Fsp3) is 0.258. The fourth-order valence-electron chi connectivity index (χ4n) is 4.66. The number of nitrogens with zero attached hydrogens (tertiary/aromatic N) is 3. The van der Waals surface area contributed by atoms with Gasteiger partial charge in [0.1, 0.15) is 17.7 Å². The van der Waals surface area contributed by atoms with Gasteiger partial charge in [-0.05, 0) is 55.0 Å². The first-order valence-electron chi connectivity index (χ1n) is 13.1. The summed E-state index contributed by atoms with van der Waals surface area (Å²) in [5.74, 6) is 0.0264. The van der Waals surface area contributed by atoms with Gasteiger partial charge in [0.15, 0.2) is 0 Å². The Labute approximate surface area is 227 Å². The molecular formula is C31H31FN4O3. The number of pyridine rings is 1. The van der Waals surface area contributed by atoms with Gasteiger partial charge in [-0.25, -0.2) is 14.1 Å². The van der Waals surface area contributed by atoms with Gasteiger partial charge in [-0.15, -0.1) is 0 Å². The van der Waals surface area contributed by atoms with Crippen LogP contribution >= 0.6 is 0 Å². The van der Waals surface area contributed by atoms with Gasteiger partial charge in [0.2, 0.25) is 0 Å². The van der Waals surface area contributed by atoms with Crippen LogP contribution in [0, 0.1) is 5.82 Å². The first kappa shape index (κ1) is 26.3. The molecule has 0 spiro atoms. The van der Waals surface area contributed by atoms with Crippen molar-refractivity contribution in [1.82, 2.24) is 14.8 Å². The average molecular weight is 527 g/mol. The monoisotopic (exact) mass is 526 g/mol. The molecule has 3 atom stereocenters. The minimum Gasteiger partial charge on any atom is -0.458 e. The molecule has 1 aliphatic heterocycles. The Morgan fingerprint density at radius 3 is 2.67 bits per heavy atom. The van der Waals surface area contributed by atoms with E-state index >= 15 is 0 Å². The van der Waals surface area contributed by atoms with Gasteiger partial charge in [0.05, 0.1) is 29.6 Å². The van der Waals surface area contributed by atoms with Crippen LogP contribution in [0.25, 0.3) is 23.0 Å². The van der Waals surface area contributed by atoms with Gasteiger partial charge in [0, 0.05) is 41.4 Å². The van der Waals surface area contributed by atoms with Crippen LogP contribution in [0.15, 0.2) is 79.0 Å². The van der Waals surface area contributed by atoms with Crippen LogP contribution in [-0.2, 0) is 9.53 Å². The summed E-state index contributed by atoms with van der Waals surface area (Å²) >= 11 is 0. The normalized spacial score (nSPS) is 18.2. The minimum atomic E-state index is -0.735. The Morgan fingerprint density at radius 2 is 1.95 bits per heavy atom. The molecule has 1 saturated heterocycles. The van der Waals surface area contributed by atoms with Crippen LogP contribution in [0.2, 0.25) is 0 Å². The number of rotatable bonds is 8. The van der Waals surface area contributed by atoms with Crippen molar-refractivity contribution in [3.8, 4) is 16.9 Å². The highest BCUT2D eigenvalue weighted by atomic mass is 19.1. The SMILES string of the molecule is CCC(C)c1nn(-c2ccnc(Nc3ccccc3)c2)c(-c2ccc(F)cc2)c1/C=C/[C@@H]1CC(O)CC(=O)O1. The van der Waals surface area contributed by atoms with E-state index in [1.54, 1.807) is 24.4 Å². The third-order valence-electron chi connectivity index (χ3n) is 6.85. The Morgan fingerprint density at radius 1 is 1.18 bits per heavy atom. The summed E-state index contributed by atoms with van der Waals surface area (Å²) in [6.45, 7) is 4.21. The summed E-state index contributed by atoms with van der Waals surface area (Å²) in [5.41, 5.74) is 4.97. The maximum atomic E-state index is 13.9. The van der Waals surface area contributed by atoms with Crippen molar-refractivity contribution < 1.29 is 19.0 Å². The van der Waals surface area contributed by atoms with Crippen LogP contribution in [0.1, 0.15) is 50.3 Å². The third kappa shape index (κ3) is 6.07. The maximum Gasteiger partial charge on any atom is 0.309 e. The second-order valence-electron chi connectivity index (χ2n) is 9.75. The molecule has 2 N–H and O–H groups in total. The number of carbonyl (C=O) groups is 1. The number of aliphatic hydroxyl groups is 1. The van der Waals surface area contributed by atoms with Gasteiger partial charge in [0.25, 0.3) is 0 Å². The van der Waals surface area contributed by atoms with E-state index in [2.05, 4.69) is 24.1 Å². The lowest BCUT2D eigenvalue weighted by molar-refractivity contribution is -0.156. The van der Waals surface area contributed by atoms with E-state index in [4.69, 9.17) is 9.84 Å². The number of ether oxygens (including phenoxy) is 1. The van der Waals surface area contributed by atoms with Gasteiger partial charge in [-0.3, -0.25) is 4.79 Å². The topological polar surface area (TPSA) is 89.3 Å². The zero-order valence-electron chi connectivity index (χ0n) is 21.9. The zero-order valence-corrected chi connectivity index (χ0v) is 21.9. The Hall–Kier alpha value is -4.30. The molecule has 0 aliphatic carbocycles. The lowest BCUT2D eigenvalue weighted by atomic mass is 9.96. The molecule has 4 aromatic rings. The van der Waals surface area contributed by atoms with Gasteiger partial charge >= 0.3 is 5.97 Å². The third-order valence-corrected chi connectivity index (χ3v) is 6.85. The number of hydrogen-bond acceptors (Lipinski definition) is 6. The minimum absolute atomic E-state index is 0.00259. The molecule has 1 aliphatic rings. The number of esters is 1. The van der Waals surface area contributed by atoms with E-state index in [1.165, 1.54) is 12.1 Å². The fourth-order valence-corrected chi connectivity index (χ4v) is 4.66. The smallest absolute Gasteiger partial charge is 0.309 e. The van der Waals surface area contributed by atoms with Crippen molar-refractivity contribution in [2.75, 3.05) is 5.32 Å². The molecule has 39 heavy (non-hydrogen) atoms. The molecule has 0 bridgehead atoms.